The Morgan fingerprint density at radius 2 is 1.38 bits per heavy atom. The van der Waals surface area contributed by atoms with E-state index < -0.39 is 68.7 Å². The van der Waals surface area contributed by atoms with Gasteiger partial charge in [-0.05, 0) is 68.0 Å². The van der Waals surface area contributed by atoms with Gasteiger partial charge in [0.15, 0.2) is 0 Å². The number of benzene rings is 2. The van der Waals surface area contributed by atoms with Gasteiger partial charge < -0.3 is 34.1 Å². The van der Waals surface area contributed by atoms with Crippen LogP contribution < -0.4 is 25.0 Å². The topological polar surface area (TPSA) is 182 Å². The van der Waals surface area contributed by atoms with E-state index in [-0.39, 0.29) is 19.5 Å². The van der Waals surface area contributed by atoms with Gasteiger partial charge >= 0.3 is 27.8 Å². The maximum absolute atomic E-state index is 13.6. The zero-order valence-corrected chi connectivity index (χ0v) is 29.9. The van der Waals surface area contributed by atoms with Gasteiger partial charge in [0.25, 0.3) is 5.91 Å². The number of ether oxygens (including phenoxy) is 3. The molecule has 2 aromatic rings. The first-order valence-corrected chi connectivity index (χ1v) is 16.6. The van der Waals surface area contributed by atoms with E-state index in [0.717, 1.165) is 19.2 Å². The first-order chi connectivity index (χ1) is 22.9. The number of methoxy groups -OCH3 is 2. The summed E-state index contributed by atoms with van der Waals surface area (Å²) in [5.74, 6) is -0.663. The summed E-state index contributed by atoms with van der Waals surface area (Å²) in [5.41, 5.74) is -3.53. The molecule has 0 aliphatic rings. The Morgan fingerprint density at radius 3 is 1.86 bits per heavy atom. The predicted molar refractivity (Wildman–Crippen MR) is 175 cm³/mol. The number of hydrazine groups is 1. The Labute approximate surface area is 289 Å². The quantitative estimate of drug-likeness (QED) is 0.125. The largest absolute Gasteiger partial charge is 0.534 e. The molecule has 4 N–H and O–H groups in total. The number of carbonyl (C=O) groups is 3. The van der Waals surface area contributed by atoms with Gasteiger partial charge in [-0.1, -0.05) is 45.0 Å². The summed E-state index contributed by atoms with van der Waals surface area (Å²) in [6, 6.07) is 9.18. The Kier molecular flexibility index (Phi) is 14.3. The fraction of sp³-hybridized carbons (Fsp3) is 0.531. The number of hydrogen-bond donors (Lipinski definition) is 4. The minimum absolute atomic E-state index is 0.0424. The molecule has 0 bridgehead atoms. The first-order valence-electron chi connectivity index (χ1n) is 15.2. The van der Waals surface area contributed by atoms with Crippen LogP contribution >= 0.6 is 0 Å². The summed E-state index contributed by atoms with van der Waals surface area (Å²) in [6.45, 7) is 9.82. The van der Waals surface area contributed by atoms with Crippen molar-refractivity contribution < 1.29 is 59.5 Å². The number of rotatable bonds is 14. The molecule has 0 aliphatic heterocycles. The van der Waals surface area contributed by atoms with Crippen molar-refractivity contribution in [3.05, 3.63) is 59.7 Å². The highest BCUT2D eigenvalue weighted by Gasteiger charge is 2.48. The Morgan fingerprint density at radius 1 is 0.840 bits per heavy atom. The van der Waals surface area contributed by atoms with E-state index in [1.165, 1.54) is 24.3 Å². The van der Waals surface area contributed by atoms with E-state index >= 15 is 0 Å². The van der Waals surface area contributed by atoms with E-state index in [4.69, 9.17) is 9.47 Å². The average Bonchev–Trinajstić information content (AvgIpc) is 2.98. The standard InChI is InChI=1S/C32H45F3N4O10S/c1-30(2,3)26(37-28(42)47-8)27(41)38-39(18-21-11-13-22(46-7)14-12-21)19-25(40)24(36-29(43)48-31(4,5)6)17-20-9-15-23(16-10-20)49-50(44,45)32(33,34)35/h9-16,24-26,40H,17-19H2,1-8H3,(H,36,43)(H,37,42)(H,38,41)/t24-,25-,26+/m0/s1. The van der Waals surface area contributed by atoms with Crippen molar-refractivity contribution >= 4 is 28.2 Å². The molecule has 0 aliphatic carbocycles. The third kappa shape index (κ3) is 13.5. The number of nitrogens with one attached hydrogen (secondary N) is 3. The van der Waals surface area contributed by atoms with Crippen LogP contribution in [0, 0.1) is 5.41 Å². The number of hydrogen-bond acceptors (Lipinski definition) is 11. The fourth-order valence-corrected chi connectivity index (χ4v) is 4.84. The highest BCUT2D eigenvalue weighted by atomic mass is 32.2. The summed E-state index contributed by atoms with van der Waals surface area (Å²) in [6.07, 6.45) is -3.27. The van der Waals surface area contributed by atoms with Gasteiger partial charge in [-0.3, -0.25) is 10.2 Å². The van der Waals surface area contributed by atoms with E-state index in [2.05, 4.69) is 25.0 Å². The molecule has 50 heavy (non-hydrogen) atoms. The summed E-state index contributed by atoms with van der Waals surface area (Å²) >= 11 is 0. The van der Waals surface area contributed by atoms with Gasteiger partial charge in [0.1, 0.15) is 23.1 Å². The average molecular weight is 735 g/mol. The molecular formula is C32H45F3N4O10S. The number of carbonyl (C=O) groups excluding carboxylic acids is 3. The van der Waals surface area contributed by atoms with Crippen molar-refractivity contribution in [3.8, 4) is 11.5 Å². The van der Waals surface area contributed by atoms with Crippen LogP contribution in [0.25, 0.3) is 0 Å². The Bertz CT molecular complexity index is 1540. The third-order valence-electron chi connectivity index (χ3n) is 6.82. The molecule has 14 nitrogen and oxygen atoms in total. The van der Waals surface area contributed by atoms with Crippen molar-refractivity contribution in [1.82, 2.24) is 21.1 Å². The molecule has 3 atom stereocenters. The predicted octanol–water partition coefficient (Wildman–Crippen LogP) is 4.02. The number of nitrogens with zero attached hydrogens (tertiary/aromatic N) is 1. The van der Waals surface area contributed by atoms with Crippen LogP contribution in [0.5, 0.6) is 11.5 Å². The number of amides is 3. The highest BCUT2D eigenvalue weighted by Crippen LogP contribution is 2.27. The highest BCUT2D eigenvalue weighted by molar-refractivity contribution is 7.88. The second-order valence-electron chi connectivity index (χ2n) is 13.3. The van der Waals surface area contributed by atoms with Crippen LogP contribution in [0.4, 0.5) is 22.8 Å². The summed E-state index contributed by atoms with van der Waals surface area (Å²) in [7, 11) is -3.24. The monoisotopic (exact) mass is 734 g/mol. The van der Waals surface area contributed by atoms with Crippen LogP contribution in [0.1, 0.15) is 52.7 Å². The summed E-state index contributed by atoms with van der Waals surface area (Å²) < 4.78 is 80.5. The van der Waals surface area contributed by atoms with Crippen LogP contribution in [0.2, 0.25) is 0 Å². The smallest absolute Gasteiger partial charge is 0.497 e. The third-order valence-corrected chi connectivity index (χ3v) is 7.80. The molecule has 0 radical (unpaired) electrons. The number of aliphatic hydroxyl groups excluding tert-OH is 1. The molecule has 2 aromatic carbocycles. The number of halogens is 3. The van der Waals surface area contributed by atoms with E-state index in [1.807, 2.05) is 0 Å². The minimum atomic E-state index is -5.90. The lowest BCUT2D eigenvalue weighted by Gasteiger charge is -2.34. The summed E-state index contributed by atoms with van der Waals surface area (Å²) in [5, 5.41) is 18.0. The van der Waals surface area contributed by atoms with Crippen molar-refractivity contribution in [2.45, 2.75) is 83.8 Å². The molecule has 18 heteroatoms. The van der Waals surface area contributed by atoms with Gasteiger partial charge in [-0.2, -0.15) is 21.6 Å². The molecular weight excluding hydrogens is 689 g/mol. The Hall–Kier alpha value is -4.29. The summed E-state index contributed by atoms with van der Waals surface area (Å²) in [4.78, 5) is 38.5. The van der Waals surface area contributed by atoms with Crippen LogP contribution in [-0.4, -0.2) is 86.7 Å². The zero-order chi connectivity index (χ0) is 38.1. The van der Waals surface area contributed by atoms with Crippen molar-refractivity contribution in [2.24, 2.45) is 5.41 Å². The number of aliphatic hydroxyl groups is 1. The van der Waals surface area contributed by atoms with Gasteiger partial charge in [0, 0.05) is 13.1 Å². The molecule has 0 saturated heterocycles. The van der Waals surface area contributed by atoms with Crippen LogP contribution in [0.15, 0.2) is 48.5 Å². The molecule has 0 heterocycles. The molecule has 3 amide bonds. The van der Waals surface area contributed by atoms with Gasteiger partial charge in [-0.25, -0.2) is 14.6 Å². The molecule has 2 rings (SSSR count). The first kappa shape index (κ1) is 41.9. The van der Waals surface area contributed by atoms with E-state index in [9.17, 15) is 41.1 Å². The van der Waals surface area contributed by atoms with Crippen molar-refractivity contribution in [2.75, 3.05) is 20.8 Å². The lowest BCUT2D eigenvalue weighted by atomic mass is 9.86. The second-order valence-corrected chi connectivity index (χ2v) is 14.8. The normalized spacial score (nSPS) is 14.2. The number of alkyl carbamates (subject to hydrolysis) is 2. The maximum atomic E-state index is 13.6. The van der Waals surface area contributed by atoms with Crippen LogP contribution in [-0.2, 0) is 37.4 Å². The van der Waals surface area contributed by atoms with E-state index in [1.54, 1.807) is 65.8 Å². The number of alkyl halides is 3. The fourth-order valence-electron chi connectivity index (χ4n) is 4.38. The molecule has 0 unspecified atom stereocenters. The molecule has 0 aromatic heterocycles. The van der Waals surface area contributed by atoms with Gasteiger partial charge in [0.2, 0.25) is 0 Å². The maximum Gasteiger partial charge on any atom is 0.534 e. The van der Waals surface area contributed by atoms with Gasteiger partial charge in [0.05, 0.1) is 26.4 Å². The molecule has 280 valence electrons. The second kappa shape index (κ2) is 17.1. The Balaban J connectivity index is 2.43. The molecule has 0 fully saturated rings. The minimum Gasteiger partial charge on any atom is -0.497 e. The van der Waals surface area contributed by atoms with Gasteiger partial charge in [-0.15, -0.1) is 0 Å². The van der Waals surface area contributed by atoms with Crippen molar-refractivity contribution in [1.29, 1.82) is 0 Å². The lowest BCUT2D eigenvalue weighted by Crippen LogP contribution is -2.59. The van der Waals surface area contributed by atoms with Crippen molar-refractivity contribution in [3.63, 3.8) is 0 Å². The zero-order valence-electron chi connectivity index (χ0n) is 29.1. The SMILES string of the molecule is COC(=O)N[C@H](C(=O)NN(Cc1ccc(OC)cc1)C[C@H](O)[C@H](Cc1ccc(OS(=O)(=O)C(F)(F)F)cc1)NC(=O)OC(C)(C)C)C(C)(C)C. The van der Waals surface area contributed by atoms with E-state index in [0.29, 0.717) is 16.9 Å². The van der Waals surface area contributed by atoms with Crippen LogP contribution in [0.3, 0.4) is 0 Å². The molecule has 0 spiro atoms. The molecule has 0 saturated carbocycles. The lowest BCUT2D eigenvalue weighted by molar-refractivity contribution is -0.131.